The zero-order chi connectivity index (χ0) is 15.6. The summed E-state index contributed by atoms with van der Waals surface area (Å²) >= 11 is 0. The lowest BCUT2D eigenvalue weighted by molar-refractivity contribution is -0.384. The Balaban J connectivity index is 1.63. The second-order valence-corrected chi connectivity index (χ2v) is 6.34. The summed E-state index contributed by atoms with van der Waals surface area (Å²) in [6, 6.07) is 6.34. The summed E-state index contributed by atoms with van der Waals surface area (Å²) < 4.78 is 0. The van der Waals surface area contributed by atoms with E-state index >= 15 is 0 Å². The average molecular weight is 303 g/mol. The lowest BCUT2D eigenvalue weighted by Gasteiger charge is -2.37. The minimum atomic E-state index is -0.419. The quantitative estimate of drug-likeness (QED) is 0.658. The van der Waals surface area contributed by atoms with Crippen molar-refractivity contribution in [2.45, 2.75) is 32.2 Å². The second kappa shape index (κ2) is 6.04. The number of nitro benzene ring substituents is 1. The third kappa shape index (κ3) is 2.70. The average Bonchev–Trinajstić information content (AvgIpc) is 2.98. The van der Waals surface area contributed by atoms with Crippen molar-refractivity contribution >= 4 is 11.6 Å². The molecule has 1 amide bonds. The summed E-state index contributed by atoms with van der Waals surface area (Å²) in [5.74, 6) is 0.568. The number of hydrogen-bond donors (Lipinski definition) is 2. The van der Waals surface area contributed by atoms with Gasteiger partial charge in [-0.1, -0.05) is 25.0 Å². The molecule has 2 aliphatic rings. The van der Waals surface area contributed by atoms with Gasteiger partial charge in [-0.3, -0.25) is 14.9 Å². The lowest BCUT2D eigenvalue weighted by atomic mass is 9.67. The van der Waals surface area contributed by atoms with E-state index in [-0.39, 0.29) is 17.0 Å². The Kier molecular flexibility index (Phi) is 4.11. The molecule has 0 bridgehead atoms. The molecule has 1 heterocycles. The van der Waals surface area contributed by atoms with Crippen LogP contribution < -0.4 is 10.6 Å². The third-order valence-corrected chi connectivity index (χ3v) is 5.09. The molecule has 1 aliphatic heterocycles. The summed E-state index contributed by atoms with van der Waals surface area (Å²) in [7, 11) is 0. The van der Waals surface area contributed by atoms with E-state index in [1.54, 1.807) is 12.1 Å². The van der Waals surface area contributed by atoms with Gasteiger partial charge in [0, 0.05) is 25.2 Å². The Morgan fingerprint density at radius 1 is 1.36 bits per heavy atom. The number of nitrogens with zero attached hydrogens (tertiary/aromatic N) is 1. The molecule has 1 aliphatic carbocycles. The van der Waals surface area contributed by atoms with Gasteiger partial charge >= 0.3 is 0 Å². The molecule has 1 saturated heterocycles. The predicted octanol–water partition coefficient (Wildman–Crippen LogP) is 1.99. The van der Waals surface area contributed by atoms with Crippen LogP contribution in [0.25, 0.3) is 0 Å². The molecule has 0 radical (unpaired) electrons. The van der Waals surface area contributed by atoms with Crippen LogP contribution in [0.15, 0.2) is 24.3 Å². The highest BCUT2D eigenvalue weighted by Gasteiger charge is 2.49. The van der Waals surface area contributed by atoms with Gasteiger partial charge in [0.15, 0.2) is 0 Å². The number of hydrogen-bond acceptors (Lipinski definition) is 4. The number of amides is 1. The SMILES string of the molecule is O=C(NCc1ccc([N+](=O)[O-])cc1)[C@@]12CCCC[C@H]1CNC2. The van der Waals surface area contributed by atoms with Gasteiger partial charge < -0.3 is 10.6 Å². The second-order valence-electron chi connectivity index (χ2n) is 6.34. The summed E-state index contributed by atoms with van der Waals surface area (Å²) in [5, 5.41) is 17.0. The molecule has 6 nitrogen and oxygen atoms in total. The number of non-ortho nitro benzene ring substituents is 1. The Morgan fingerprint density at radius 2 is 2.14 bits per heavy atom. The van der Waals surface area contributed by atoms with Crippen molar-refractivity contribution in [1.29, 1.82) is 0 Å². The number of nitrogens with one attached hydrogen (secondary N) is 2. The summed E-state index contributed by atoms with van der Waals surface area (Å²) in [6.45, 7) is 2.13. The first-order valence-corrected chi connectivity index (χ1v) is 7.84. The van der Waals surface area contributed by atoms with Gasteiger partial charge in [0.1, 0.15) is 0 Å². The third-order valence-electron chi connectivity index (χ3n) is 5.09. The molecular weight excluding hydrogens is 282 g/mol. The fraction of sp³-hybridized carbons (Fsp3) is 0.562. The van der Waals surface area contributed by atoms with E-state index in [4.69, 9.17) is 0 Å². The van der Waals surface area contributed by atoms with Crippen LogP contribution in [0.3, 0.4) is 0 Å². The molecule has 2 fully saturated rings. The smallest absolute Gasteiger partial charge is 0.269 e. The van der Waals surface area contributed by atoms with Gasteiger partial charge in [0.05, 0.1) is 10.3 Å². The molecule has 6 heteroatoms. The van der Waals surface area contributed by atoms with Crippen LogP contribution in [-0.2, 0) is 11.3 Å². The fourth-order valence-electron chi connectivity index (χ4n) is 3.78. The molecule has 0 unspecified atom stereocenters. The largest absolute Gasteiger partial charge is 0.351 e. The first-order chi connectivity index (χ1) is 10.6. The van der Waals surface area contributed by atoms with E-state index in [0.717, 1.165) is 37.9 Å². The van der Waals surface area contributed by atoms with E-state index in [0.29, 0.717) is 12.5 Å². The number of rotatable bonds is 4. The van der Waals surface area contributed by atoms with E-state index in [9.17, 15) is 14.9 Å². The van der Waals surface area contributed by atoms with Crippen LogP contribution in [-0.4, -0.2) is 23.9 Å². The molecule has 0 spiro atoms. The molecule has 2 atom stereocenters. The van der Waals surface area contributed by atoms with Crippen LogP contribution in [0.5, 0.6) is 0 Å². The summed E-state index contributed by atoms with van der Waals surface area (Å²) in [5.41, 5.74) is 0.702. The number of carbonyl (C=O) groups is 1. The van der Waals surface area contributed by atoms with E-state index in [1.165, 1.54) is 18.6 Å². The molecular formula is C16H21N3O3. The Bertz CT molecular complexity index is 573. The van der Waals surface area contributed by atoms with Gasteiger partial charge in [0.2, 0.25) is 5.91 Å². The van der Waals surface area contributed by atoms with Gasteiger partial charge in [-0.25, -0.2) is 0 Å². The number of benzene rings is 1. The Labute approximate surface area is 129 Å². The molecule has 1 aromatic carbocycles. The van der Waals surface area contributed by atoms with Crippen molar-refractivity contribution < 1.29 is 9.72 Å². The maximum atomic E-state index is 12.7. The van der Waals surface area contributed by atoms with Gasteiger partial charge in [-0.15, -0.1) is 0 Å². The lowest BCUT2D eigenvalue weighted by Crippen LogP contribution is -2.47. The van der Waals surface area contributed by atoms with Crippen molar-refractivity contribution in [2.24, 2.45) is 11.3 Å². The number of carbonyl (C=O) groups excluding carboxylic acids is 1. The van der Waals surface area contributed by atoms with Gasteiger partial charge in [-0.2, -0.15) is 0 Å². The first kappa shape index (κ1) is 15.0. The van der Waals surface area contributed by atoms with Crippen molar-refractivity contribution in [3.05, 3.63) is 39.9 Å². The molecule has 118 valence electrons. The first-order valence-electron chi connectivity index (χ1n) is 7.84. The predicted molar refractivity (Wildman–Crippen MR) is 82.2 cm³/mol. The highest BCUT2D eigenvalue weighted by molar-refractivity contribution is 5.83. The standard InChI is InChI=1S/C16H21N3O3/c20-15(16-8-2-1-3-13(16)10-17-11-16)18-9-12-4-6-14(7-5-12)19(21)22/h4-7,13,17H,1-3,8-11H2,(H,18,20)/t13-,16+/m0/s1. The molecule has 1 saturated carbocycles. The number of nitro groups is 1. The molecule has 22 heavy (non-hydrogen) atoms. The van der Waals surface area contributed by atoms with Gasteiger partial charge in [0.25, 0.3) is 5.69 Å². The zero-order valence-electron chi connectivity index (χ0n) is 12.5. The van der Waals surface area contributed by atoms with E-state index in [1.807, 2.05) is 0 Å². The van der Waals surface area contributed by atoms with E-state index in [2.05, 4.69) is 10.6 Å². The molecule has 1 aromatic rings. The molecule has 0 aromatic heterocycles. The summed E-state index contributed by atoms with van der Waals surface area (Å²) in [6.07, 6.45) is 4.40. The summed E-state index contributed by atoms with van der Waals surface area (Å²) in [4.78, 5) is 22.9. The van der Waals surface area contributed by atoms with Crippen molar-refractivity contribution in [1.82, 2.24) is 10.6 Å². The fourth-order valence-corrected chi connectivity index (χ4v) is 3.78. The minimum Gasteiger partial charge on any atom is -0.351 e. The van der Waals surface area contributed by atoms with Crippen molar-refractivity contribution in [3.63, 3.8) is 0 Å². The highest BCUT2D eigenvalue weighted by atomic mass is 16.6. The van der Waals surface area contributed by atoms with E-state index < -0.39 is 4.92 Å². The minimum absolute atomic E-state index is 0.0704. The van der Waals surface area contributed by atoms with Crippen LogP contribution >= 0.6 is 0 Å². The van der Waals surface area contributed by atoms with Gasteiger partial charge in [-0.05, 0) is 30.9 Å². The number of fused-ring (bicyclic) bond motifs is 1. The highest BCUT2D eigenvalue weighted by Crippen LogP contribution is 2.43. The van der Waals surface area contributed by atoms with Crippen LogP contribution in [0.4, 0.5) is 5.69 Å². The van der Waals surface area contributed by atoms with Crippen LogP contribution in [0.1, 0.15) is 31.2 Å². The van der Waals surface area contributed by atoms with Crippen LogP contribution in [0, 0.1) is 21.4 Å². The normalized spacial score (nSPS) is 27.2. The maximum Gasteiger partial charge on any atom is 0.269 e. The zero-order valence-corrected chi connectivity index (χ0v) is 12.5. The monoisotopic (exact) mass is 303 g/mol. The Morgan fingerprint density at radius 3 is 2.86 bits per heavy atom. The topological polar surface area (TPSA) is 84.3 Å². The molecule has 3 rings (SSSR count). The molecule has 2 N–H and O–H groups in total. The van der Waals surface area contributed by atoms with Crippen molar-refractivity contribution in [2.75, 3.05) is 13.1 Å². The van der Waals surface area contributed by atoms with Crippen molar-refractivity contribution in [3.8, 4) is 0 Å². The van der Waals surface area contributed by atoms with Crippen LogP contribution in [0.2, 0.25) is 0 Å². The maximum absolute atomic E-state index is 12.7. The Hall–Kier alpha value is -1.95.